The summed E-state index contributed by atoms with van der Waals surface area (Å²) in [7, 11) is 0. The first-order valence-corrected chi connectivity index (χ1v) is 4.85. The lowest BCUT2D eigenvalue weighted by molar-refractivity contribution is -0.146. The summed E-state index contributed by atoms with van der Waals surface area (Å²) in [5, 5.41) is 20.1. The van der Waals surface area contributed by atoms with Crippen LogP contribution in [0.2, 0.25) is 0 Å². The van der Waals surface area contributed by atoms with E-state index in [2.05, 4.69) is 5.32 Å². The van der Waals surface area contributed by atoms with Crippen LogP contribution in [-0.4, -0.2) is 46.9 Å². The van der Waals surface area contributed by atoms with Crippen LogP contribution < -0.4 is 5.32 Å². The van der Waals surface area contributed by atoms with Gasteiger partial charge in [-0.2, -0.15) is 0 Å². The summed E-state index contributed by atoms with van der Waals surface area (Å²) < 4.78 is 5.09. The second kappa shape index (κ2) is 5.09. The molecule has 15 heavy (non-hydrogen) atoms. The molecule has 0 radical (unpaired) electrons. The van der Waals surface area contributed by atoms with Gasteiger partial charge in [0.15, 0.2) is 6.04 Å². The molecule has 1 rings (SSSR count). The van der Waals surface area contributed by atoms with Crippen molar-refractivity contribution < 1.29 is 24.5 Å². The minimum atomic E-state index is -1.28. The largest absolute Gasteiger partial charge is 0.480 e. The fourth-order valence-corrected chi connectivity index (χ4v) is 1.42. The Morgan fingerprint density at radius 3 is 2.60 bits per heavy atom. The van der Waals surface area contributed by atoms with Crippen molar-refractivity contribution in [2.24, 2.45) is 0 Å². The number of aliphatic hydroxyl groups excluding tert-OH is 1. The highest BCUT2D eigenvalue weighted by atomic mass is 16.5. The van der Waals surface area contributed by atoms with Crippen molar-refractivity contribution in [3.05, 3.63) is 0 Å². The summed E-state index contributed by atoms with van der Waals surface area (Å²) in [5.41, 5.74) is 0. The zero-order valence-corrected chi connectivity index (χ0v) is 8.47. The van der Waals surface area contributed by atoms with Gasteiger partial charge in [-0.05, 0) is 19.8 Å². The van der Waals surface area contributed by atoms with E-state index >= 15 is 0 Å². The van der Waals surface area contributed by atoms with Gasteiger partial charge < -0.3 is 20.3 Å². The Morgan fingerprint density at radius 2 is 2.20 bits per heavy atom. The Hall–Kier alpha value is -1.14. The van der Waals surface area contributed by atoms with Crippen molar-refractivity contribution in [1.29, 1.82) is 0 Å². The molecule has 6 nitrogen and oxygen atoms in total. The molecule has 86 valence electrons. The molecular formula is C9H15NO5. The lowest BCUT2D eigenvalue weighted by Crippen LogP contribution is -2.50. The van der Waals surface area contributed by atoms with Crippen LogP contribution in [0.4, 0.5) is 0 Å². The normalized spacial score (nSPS) is 24.5. The Balaban J connectivity index is 2.50. The third kappa shape index (κ3) is 3.17. The molecule has 0 bridgehead atoms. The Kier molecular flexibility index (Phi) is 4.05. The summed E-state index contributed by atoms with van der Waals surface area (Å²) >= 11 is 0. The van der Waals surface area contributed by atoms with E-state index < -0.39 is 30.1 Å². The van der Waals surface area contributed by atoms with Gasteiger partial charge in [0.1, 0.15) is 6.10 Å². The summed E-state index contributed by atoms with van der Waals surface area (Å²) in [6.07, 6.45) is -0.318. The number of rotatable bonds is 4. The molecular weight excluding hydrogens is 202 g/mol. The van der Waals surface area contributed by atoms with Gasteiger partial charge in [0.05, 0.1) is 6.10 Å². The highest BCUT2D eigenvalue weighted by molar-refractivity contribution is 5.86. The summed E-state index contributed by atoms with van der Waals surface area (Å²) in [4.78, 5) is 22.1. The summed E-state index contributed by atoms with van der Waals surface area (Å²) in [6, 6.07) is -1.28. The smallest absolute Gasteiger partial charge is 0.328 e. The molecule has 0 aliphatic carbocycles. The molecule has 2 unspecified atom stereocenters. The van der Waals surface area contributed by atoms with Gasteiger partial charge in [0, 0.05) is 6.61 Å². The molecule has 1 amide bonds. The molecule has 3 N–H and O–H groups in total. The Labute approximate surface area is 87.2 Å². The van der Waals surface area contributed by atoms with Gasteiger partial charge in [0.25, 0.3) is 0 Å². The molecule has 1 heterocycles. The number of hydrogen-bond acceptors (Lipinski definition) is 4. The van der Waals surface area contributed by atoms with E-state index in [0.717, 1.165) is 6.42 Å². The first-order valence-electron chi connectivity index (χ1n) is 4.85. The minimum Gasteiger partial charge on any atom is -0.480 e. The first kappa shape index (κ1) is 11.9. The van der Waals surface area contributed by atoms with Crippen molar-refractivity contribution in [3.63, 3.8) is 0 Å². The molecule has 0 aromatic heterocycles. The number of carbonyl (C=O) groups is 2. The zero-order valence-electron chi connectivity index (χ0n) is 8.47. The second-order valence-electron chi connectivity index (χ2n) is 3.57. The van der Waals surface area contributed by atoms with Crippen molar-refractivity contribution >= 4 is 11.9 Å². The standard InChI is InChI=1S/C9H15NO5/c1-5(11)7(9(13)14)10-8(12)6-3-2-4-15-6/h5-7,11H,2-4H2,1H3,(H,10,12)(H,13,14)/t5?,6-,7?/m0/s1. The average molecular weight is 217 g/mol. The van der Waals surface area contributed by atoms with E-state index in [-0.39, 0.29) is 0 Å². The first-order chi connectivity index (χ1) is 7.02. The van der Waals surface area contributed by atoms with E-state index in [4.69, 9.17) is 14.9 Å². The number of carboxylic acid groups (broad SMARTS) is 1. The lowest BCUT2D eigenvalue weighted by atomic mass is 10.1. The topological polar surface area (TPSA) is 95.9 Å². The maximum atomic E-state index is 11.5. The van der Waals surface area contributed by atoms with Crippen LogP contribution in [0.15, 0.2) is 0 Å². The van der Waals surface area contributed by atoms with Gasteiger partial charge in [-0.3, -0.25) is 4.79 Å². The number of hydrogen-bond donors (Lipinski definition) is 3. The van der Waals surface area contributed by atoms with Crippen LogP contribution in [-0.2, 0) is 14.3 Å². The SMILES string of the molecule is CC(O)C(NC(=O)[C@@H]1CCCO1)C(=O)O. The highest BCUT2D eigenvalue weighted by Crippen LogP contribution is 2.12. The van der Waals surface area contributed by atoms with Crippen LogP contribution in [0, 0.1) is 0 Å². The van der Waals surface area contributed by atoms with Gasteiger partial charge in [0.2, 0.25) is 5.91 Å². The van der Waals surface area contributed by atoms with Gasteiger partial charge in [-0.1, -0.05) is 0 Å². The number of nitrogens with one attached hydrogen (secondary N) is 1. The minimum absolute atomic E-state index is 0.471. The van der Waals surface area contributed by atoms with Crippen LogP contribution in [0.5, 0.6) is 0 Å². The van der Waals surface area contributed by atoms with Crippen LogP contribution in [0.1, 0.15) is 19.8 Å². The van der Waals surface area contributed by atoms with Crippen LogP contribution in [0.3, 0.4) is 0 Å². The van der Waals surface area contributed by atoms with Gasteiger partial charge in [-0.25, -0.2) is 4.79 Å². The number of carboxylic acids is 1. The third-order valence-electron chi connectivity index (χ3n) is 2.27. The van der Waals surface area contributed by atoms with E-state index in [1.807, 2.05) is 0 Å². The Bertz CT molecular complexity index is 247. The monoisotopic (exact) mass is 217 g/mol. The molecule has 1 fully saturated rings. The highest BCUT2D eigenvalue weighted by Gasteiger charge is 2.30. The van der Waals surface area contributed by atoms with E-state index in [0.29, 0.717) is 13.0 Å². The molecule has 1 saturated heterocycles. The van der Waals surface area contributed by atoms with Crippen LogP contribution >= 0.6 is 0 Å². The lowest BCUT2D eigenvalue weighted by Gasteiger charge is -2.19. The average Bonchev–Trinajstić information content (AvgIpc) is 2.65. The molecule has 0 aromatic rings. The predicted octanol–water partition coefficient (Wildman–Crippen LogP) is -0.884. The van der Waals surface area contributed by atoms with Gasteiger partial charge >= 0.3 is 5.97 Å². The van der Waals surface area contributed by atoms with Crippen molar-refractivity contribution in [3.8, 4) is 0 Å². The number of carbonyl (C=O) groups excluding carboxylic acids is 1. The molecule has 1 aliphatic heterocycles. The van der Waals surface area contributed by atoms with E-state index in [1.54, 1.807) is 0 Å². The number of amides is 1. The third-order valence-corrected chi connectivity index (χ3v) is 2.27. The van der Waals surface area contributed by atoms with E-state index in [1.165, 1.54) is 6.92 Å². The van der Waals surface area contributed by atoms with Gasteiger partial charge in [-0.15, -0.1) is 0 Å². The molecule has 3 atom stereocenters. The predicted molar refractivity (Wildman–Crippen MR) is 50.2 cm³/mol. The molecule has 1 aliphatic rings. The number of aliphatic hydroxyl groups is 1. The van der Waals surface area contributed by atoms with Crippen LogP contribution in [0.25, 0.3) is 0 Å². The molecule has 6 heteroatoms. The summed E-state index contributed by atoms with van der Waals surface area (Å²) in [6.45, 7) is 1.83. The zero-order chi connectivity index (χ0) is 11.4. The van der Waals surface area contributed by atoms with Crippen molar-refractivity contribution in [2.75, 3.05) is 6.61 Å². The second-order valence-corrected chi connectivity index (χ2v) is 3.57. The maximum Gasteiger partial charge on any atom is 0.328 e. The quantitative estimate of drug-likeness (QED) is 0.568. The molecule has 0 aromatic carbocycles. The number of ether oxygens (including phenoxy) is 1. The molecule has 0 saturated carbocycles. The fourth-order valence-electron chi connectivity index (χ4n) is 1.42. The fraction of sp³-hybridized carbons (Fsp3) is 0.778. The number of aliphatic carboxylic acids is 1. The van der Waals surface area contributed by atoms with Crippen molar-refractivity contribution in [1.82, 2.24) is 5.32 Å². The van der Waals surface area contributed by atoms with E-state index in [9.17, 15) is 9.59 Å². The summed E-state index contributed by atoms with van der Waals surface area (Å²) in [5.74, 6) is -1.72. The maximum absolute atomic E-state index is 11.5. The van der Waals surface area contributed by atoms with Crippen molar-refractivity contribution in [2.45, 2.75) is 38.0 Å². The molecule has 0 spiro atoms. The Morgan fingerprint density at radius 1 is 1.53 bits per heavy atom.